The molecule has 1 unspecified atom stereocenters. The molecule has 0 aromatic heterocycles. The monoisotopic (exact) mass is 354 g/mol. The van der Waals surface area contributed by atoms with Gasteiger partial charge >= 0.3 is 0 Å². The highest BCUT2D eigenvalue weighted by Crippen LogP contribution is 2.17. The van der Waals surface area contributed by atoms with Crippen molar-refractivity contribution in [3.05, 3.63) is 29.8 Å². The maximum atomic E-state index is 11.9. The van der Waals surface area contributed by atoms with Gasteiger partial charge in [-0.15, -0.1) is 0 Å². The number of sulfone groups is 1. The zero-order chi connectivity index (χ0) is 17.6. The first-order valence-corrected chi connectivity index (χ1v) is 10.0. The second-order valence-electron chi connectivity index (χ2n) is 6.20. The molecule has 24 heavy (non-hydrogen) atoms. The Bertz CT molecular complexity index is 660. The molecule has 0 radical (unpaired) electrons. The highest BCUT2D eigenvalue weighted by molar-refractivity contribution is 7.91. The third-order valence-corrected chi connectivity index (χ3v) is 6.18. The van der Waals surface area contributed by atoms with Gasteiger partial charge in [0.05, 0.1) is 18.6 Å². The van der Waals surface area contributed by atoms with Crippen LogP contribution in [0, 0.1) is 0 Å². The average molecular weight is 354 g/mol. The van der Waals surface area contributed by atoms with Gasteiger partial charge < -0.3 is 15.0 Å². The van der Waals surface area contributed by atoms with Crippen LogP contribution < -0.4 is 10.1 Å². The minimum absolute atomic E-state index is 0.0161. The van der Waals surface area contributed by atoms with Crippen molar-refractivity contribution in [1.29, 1.82) is 0 Å². The van der Waals surface area contributed by atoms with Crippen LogP contribution in [-0.4, -0.2) is 64.0 Å². The molecule has 1 aromatic carbocycles. The van der Waals surface area contributed by atoms with E-state index in [1.54, 1.807) is 7.11 Å². The van der Waals surface area contributed by atoms with Gasteiger partial charge in [0.1, 0.15) is 5.75 Å². The first kappa shape index (κ1) is 18.7. The molecule has 1 aliphatic heterocycles. The lowest BCUT2D eigenvalue weighted by atomic mass is 10.1. The predicted octanol–water partition coefficient (Wildman–Crippen LogP) is 0.863. The molecule has 2 rings (SSSR count). The lowest BCUT2D eigenvalue weighted by Crippen LogP contribution is -2.36. The molecule has 1 heterocycles. The van der Waals surface area contributed by atoms with E-state index in [9.17, 15) is 13.2 Å². The molecule has 7 heteroatoms. The molecule has 0 saturated carbocycles. The number of para-hydroxylation sites is 1. The molecule has 1 saturated heterocycles. The Hall–Kier alpha value is -1.60. The van der Waals surface area contributed by atoms with Gasteiger partial charge in [-0.2, -0.15) is 0 Å². The lowest BCUT2D eigenvalue weighted by molar-refractivity contribution is -0.121. The third-order valence-electron chi connectivity index (χ3n) is 4.43. The van der Waals surface area contributed by atoms with Crippen LogP contribution in [0.3, 0.4) is 0 Å². The molecule has 0 spiro atoms. The summed E-state index contributed by atoms with van der Waals surface area (Å²) < 4.78 is 28.3. The number of hydrogen-bond acceptors (Lipinski definition) is 5. The molecule has 134 valence electrons. The van der Waals surface area contributed by atoms with Gasteiger partial charge in [0.15, 0.2) is 9.84 Å². The normalized spacial score (nSPS) is 19.4. The fraction of sp³-hybridized carbons (Fsp3) is 0.588. The summed E-state index contributed by atoms with van der Waals surface area (Å²) in [5, 5.41) is 2.91. The van der Waals surface area contributed by atoms with Gasteiger partial charge in [-0.25, -0.2) is 8.42 Å². The Morgan fingerprint density at radius 2 is 2.12 bits per heavy atom. The minimum atomic E-state index is -2.88. The molecule has 1 aliphatic rings. The quantitative estimate of drug-likeness (QED) is 0.749. The fourth-order valence-electron chi connectivity index (χ4n) is 2.92. The Morgan fingerprint density at radius 1 is 1.38 bits per heavy atom. The van der Waals surface area contributed by atoms with E-state index < -0.39 is 9.84 Å². The summed E-state index contributed by atoms with van der Waals surface area (Å²) in [4.78, 5) is 13.9. The zero-order valence-electron chi connectivity index (χ0n) is 14.3. The van der Waals surface area contributed by atoms with E-state index in [0.717, 1.165) is 11.3 Å². The Labute approximate surface area is 144 Å². The molecule has 0 bridgehead atoms. The number of nitrogens with zero attached hydrogens (tertiary/aromatic N) is 1. The van der Waals surface area contributed by atoms with Crippen molar-refractivity contribution in [2.75, 3.05) is 38.8 Å². The summed E-state index contributed by atoms with van der Waals surface area (Å²) in [6.45, 7) is 1.13. The molecule has 6 nitrogen and oxygen atoms in total. The van der Waals surface area contributed by atoms with Crippen molar-refractivity contribution < 1.29 is 17.9 Å². The van der Waals surface area contributed by atoms with Gasteiger partial charge in [0, 0.05) is 25.6 Å². The van der Waals surface area contributed by atoms with Crippen LogP contribution in [0.5, 0.6) is 5.75 Å². The van der Waals surface area contributed by atoms with E-state index in [4.69, 9.17) is 4.74 Å². The SMILES string of the molecule is COc1ccccc1CCNC(=O)CCN(C)C1CCS(=O)(=O)C1. The summed E-state index contributed by atoms with van der Waals surface area (Å²) in [6, 6.07) is 7.79. The van der Waals surface area contributed by atoms with E-state index in [2.05, 4.69) is 5.32 Å². The largest absolute Gasteiger partial charge is 0.496 e. The summed E-state index contributed by atoms with van der Waals surface area (Å²) in [5.74, 6) is 1.28. The van der Waals surface area contributed by atoms with Crippen LogP contribution in [-0.2, 0) is 21.1 Å². The van der Waals surface area contributed by atoms with Crippen LogP contribution in [0.1, 0.15) is 18.4 Å². The first-order valence-electron chi connectivity index (χ1n) is 8.20. The molecule has 1 N–H and O–H groups in total. The van der Waals surface area contributed by atoms with Crippen molar-refractivity contribution in [2.45, 2.75) is 25.3 Å². The predicted molar refractivity (Wildman–Crippen MR) is 94.0 cm³/mol. The highest BCUT2D eigenvalue weighted by atomic mass is 32.2. The summed E-state index contributed by atoms with van der Waals surface area (Å²) in [7, 11) is 0.633. The molecule has 1 atom stereocenters. The van der Waals surface area contributed by atoms with Crippen LogP contribution in [0.2, 0.25) is 0 Å². The van der Waals surface area contributed by atoms with Crippen molar-refractivity contribution in [3.8, 4) is 5.75 Å². The average Bonchev–Trinajstić information content (AvgIpc) is 2.93. The summed E-state index contributed by atoms with van der Waals surface area (Å²) in [5.41, 5.74) is 1.06. The zero-order valence-corrected chi connectivity index (χ0v) is 15.1. The second kappa shape index (κ2) is 8.48. The van der Waals surface area contributed by atoms with Crippen LogP contribution in [0.15, 0.2) is 24.3 Å². The molecular weight excluding hydrogens is 328 g/mol. The number of carbonyl (C=O) groups excluding carboxylic acids is 1. The number of nitrogens with one attached hydrogen (secondary N) is 1. The Balaban J connectivity index is 1.68. The van der Waals surface area contributed by atoms with Crippen molar-refractivity contribution in [3.63, 3.8) is 0 Å². The first-order chi connectivity index (χ1) is 11.4. The van der Waals surface area contributed by atoms with Crippen molar-refractivity contribution in [1.82, 2.24) is 10.2 Å². The molecule has 1 fully saturated rings. The maximum Gasteiger partial charge on any atom is 0.221 e. The Morgan fingerprint density at radius 3 is 2.79 bits per heavy atom. The number of benzene rings is 1. The van der Waals surface area contributed by atoms with E-state index in [1.165, 1.54) is 0 Å². The number of ether oxygens (including phenoxy) is 1. The summed E-state index contributed by atoms with van der Waals surface area (Å²) in [6.07, 6.45) is 1.75. The number of carbonyl (C=O) groups is 1. The topological polar surface area (TPSA) is 75.7 Å². The molecule has 1 aromatic rings. The maximum absolute atomic E-state index is 11.9. The van der Waals surface area contributed by atoms with Gasteiger partial charge in [-0.05, 0) is 31.5 Å². The highest BCUT2D eigenvalue weighted by Gasteiger charge is 2.30. The van der Waals surface area contributed by atoms with Gasteiger partial charge in [0.25, 0.3) is 0 Å². The van der Waals surface area contributed by atoms with Crippen LogP contribution in [0.4, 0.5) is 0 Å². The lowest BCUT2D eigenvalue weighted by Gasteiger charge is -2.22. The Kier molecular flexibility index (Phi) is 6.62. The molecule has 1 amide bonds. The number of hydrogen-bond donors (Lipinski definition) is 1. The van der Waals surface area contributed by atoms with Crippen molar-refractivity contribution >= 4 is 15.7 Å². The van der Waals surface area contributed by atoms with E-state index in [1.807, 2.05) is 36.2 Å². The van der Waals surface area contributed by atoms with Gasteiger partial charge in [0.2, 0.25) is 5.91 Å². The number of amides is 1. The van der Waals surface area contributed by atoms with Crippen LogP contribution >= 0.6 is 0 Å². The van der Waals surface area contributed by atoms with Crippen molar-refractivity contribution in [2.24, 2.45) is 0 Å². The summed E-state index contributed by atoms with van der Waals surface area (Å²) >= 11 is 0. The minimum Gasteiger partial charge on any atom is -0.496 e. The standard InChI is InChI=1S/C17H26N2O4S/c1-19(15-9-12-24(21,22)13-15)11-8-17(20)18-10-7-14-5-3-4-6-16(14)23-2/h3-6,15H,7-13H2,1-2H3,(H,18,20). The van der Waals surface area contributed by atoms with Gasteiger partial charge in [-0.1, -0.05) is 18.2 Å². The smallest absolute Gasteiger partial charge is 0.221 e. The van der Waals surface area contributed by atoms with Crippen LogP contribution in [0.25, 0.3) is 0 Å². The van der Waals surface area contributed by atoms with E-state index in [0.29, 0.717) is 32.4 Å². The molecular formula is C17H26N2O4S. The fourth-order valence-corrected chi connectivity index (χ4v) is 4.72. The number of methoxy groups -OCH3 is 1. The third kappa shape index (κ3) is 5.49. The van der Waals surface area contributed by atoms with E-state index in [-0.39, 0.29) is 23.5 Å². The second-order valence-corrected chi connectivity index (χ2v) is 8.43. The van der Waals surface area contributed by atoms with Gasteiger partial charge in [-0.3, -0.25) is 4.79 Å². The number of rotatable bonds is 8. The molecule has 0 aliphatic carbocycles. The van der Waals surface area contributed by atoms with E-state index >= 15 is 0 Å².